The van der Waals surface area contributed by atoms with Crippen molar-refractivity contribution in [2.24, 2.45) is 0 Å². The van der Waals surface area contributed by atoms with Crippen molar-refractivity contribution in [2.75, 3.05) is 7.11 Å². The van der Waals surface area contributed by atoms with Gasteiger partial charge in [-0.15, -0.1) is 11.3 Å². The van der Waals surface area contributed by atoms with E-state index in [1.807, 2.05) is 5.38 Å². The third-order valence-electron chi connectivity index (χ3n) is 2.22. The average Bonchev–Trinajstić information content (AvgIpc) is 2.76. The largest absolute Gasteiger partial charge is 0.469 e. The molecule has 0 radical (unpaired) electrons. The molecule has 0 atom stereocenters. The van der Waals surface area contributed by atoms with E-state index in [1.54, 1.807) is 6.07 Å². The molecule has 0 amide bonds. The number of hydrogen-bond donors (Lipinski definition) is 0. The van der Waals surface area contributed by atoms with Crippen molar-refractivity contribution in [3.63, 3.8) is 0 Å². The van der Waals surface area contributed by atoms with Gasteiger partial charge in [0.15, 0.2) is 0 Å². The quantitative estimate of drug-likeness (QED) is 0.749. The second kappa shape index (κ2) is 4.44. The van der Waals surface area contributed by atoms with E-state index in [0.717, 1.165) is 0 Å². The van der Waals surface area contributed by atoms with Crippen molar-refractivity contribution in [3.05, 3.63) is 28.1 Å². The highest BCUT2D eigenvalue weighted by Gasteiger charge is 2.06. The summed E-state index contributed by atoms with van der Waals surface area (Å²) in [4.78, 5) is 27.0. The number of thiophene rings is 1. The molecule has 84 valence electrons. The van der Waals surface area contributed by atoms with Crippen LogP contribution in [0.25, 0.3) is 10.2 Å². The van der Waals surface area contributed by atoms with E-state index in [9.17, 15) is 9.59 Å². The van der Waals surface area contributed by atoms with Crippen LogP contribution in [-0.2, 0) is 16.1 Å². The Hall–Kier alpha value is -1.69. The fraction of sp³-hybridized carbons (Fsp3) is 0.300. The molecule has 2 aromatic rings. The molecule has 0 bridgehead atoms. The highest BCUT2D eigenvalue weighted by atomic mass is 32.1. The molecule has 0 aromatic carbocycles. The molecule has 0 fully saturated rings. The first kappa shape index (κ1) is 10.8. The Morgan fingerprint density at radius 2 is 2.44 bits per heavy atom. The first-order valence-electron chi connectivity index (χ1n) is 4.72. The van der Waals surface area contributed by atoms with Gasteiger partial charge >= 0.3 is 5.97 Å². The Kier molecular flexibility index (Phi) is 3.00. The van der Waals surface area contributed by atoms with Gasteiger partial charge < -0.3 is 4.74 Å². The van der Waals surface area contributed by atoms with Gasteiger partial charge in [-0.25, -0.2) is 4.98 Å². The van der Waals surface area contributed by atoms with Crippen molar-refractivity contribution in [1.29, 1.82) is 0 Å². The summed E-state index contributed by atoms with van der Waals surface area (Å²) >= 11 is 1.36. The van der Waals surface area contributed by atoms with Crippen molar-refractivity contribution >= 4 is 27.5 Å². The lowest BCUT2D eigenvalue weighted by Gasteiger charge is -2.03. The van der Waals surface area contributed by atoms with Crippen LogP contribution in [0.4, 0.5) is 0 Å². The van der Waals surface area contributed by atoms with Gasteiger partial charge in [-0.1, -0.05) is 0 Å². The number of carbonyl (C=O) groups excluding carboxylic acids is 1. The Bertz CT molecular complexity index is 573. The minimum absolute atomic E-state index is 0.107. The first-order valence-corrected chi connectivity index (χ1v) is 5.60. The van der Waals surface area contributed by atoms with E-state index >= 15 is 0 Å². The third-order valence-corrected chi connectivity index (χ3v) is 3.11. The highest BCUT2D eigenvalue weighted by molar-refractivity contribution is 7.17. The van der Waals surface area contributed by atoms with Gasteiger partial charge in [0.05, 0.1) is 25.4 Å². The van der Waals surface area contributed by atoms with Gasteiger partial charge in [-0.3, -0.25) is 14.2 Å². The number of esters is 1. The van der Waals surface area contributed by atoms with Crippen LogP contribution in [0, 0.1) is 0 Å². The third kappa shape index (κ3) is 1.96. The molecule has 2 heterocycles. The summed E-state index contributed by atoms with van der Waals surface area (Å²) in [5.74, 6) is -0.335. The van der Waals surface area contributed by atoms with Crippen molar-refractivity contribution in [2.45, 2.75) is 13.0 Å². The van der Waals surface area contributed by atoms with E-state index in [4.69, 9.17) is 0 Å². The summed E-state index contributed by atoms with van der Waals surface area (Å²) in [5, 5.41) is 1.82. The predicted octanol–water partition coefficient (Wildman–Crippen LogP) is 1.02. The smallest absolute Gasteiger partial charge is 0.307 e. The second-order valence-corrected chi connectivity index (χ2v) is 4.12. The van der Waals surface area contributed by atoms with Crippen LogP contribution >= 0.6 is 11.3 Å². The number of carbonyl (C=O) groups is 1. The zero-order chi connectivity index (χ0) is 11.5. The summed E-state index contributed by atoms with van der Waals surface area (Å²) in [6, 6.07) is 1.80. The number of nitrogens with zero attached hydrogens (tertiary/aromatic N) is 2. The second-order valence-electron chi connectivity index (χ2n) is 3.20. The summed E-state index contributed by atoms with van der Waals surface area (Å²) in [6.07, 6.45) is 1.63. The standard InChI is InChI=1S/C10H10N2O3S/c1-15-8(13)2-4-12-6-11-7-3-5-16-9(7)10(12)14/h3,5-6H,2,4H2,1H3. The molecule has 6 heteroatoms. The van der Waals surface area contributed by atoms with Gasteiger partial charge in [0.2, 0.25) is 0 Å². The predicted molar refractivity (Wildman–Crippen MR) is 60.5 cm³/mol. The zero-order valence-corrected chi connectivity index (χ0v) is 9.49. The fourth-order valence-electron chi connectivity index (χ4n) is 1.35. The lowest BCUT2D eigenvalue weighted by atomic mass is 10.4. The van der Waals surface area contributed by atoms with Crippen molar-refractivity contribution < 1.29 is 9.53 Å². The van der Waals surface area contributed by atoms with Crippen LogP contribution in [0.1, 0.15) is 6.42 Å². The Balaban J connectivity index is 2.28. The maximum atomic E-state index is 11.9. The van der Waals surface area contributed by atoms with Crippen LogP contribution in [0.2, 0.25) is 0 Å². The monoisotopic (exact) mass is 238 g/mol. The van der Waals surface area contributed by atoms with Crippen LogP contribution in [0.15, 0.2) is 22.6 Å². The topological polar surface area (TPSA) is 61.2 Å². The minimum atomic E-state index is -0.335. The molecule has 0 spiro atoms. The maximum Gasteiger partial charge on any atom is 0.307 e. The molecule has 0 aliphatic carbocycles. The van der Waals surface area contributed by atoms with E-state index < -0.39 is 0 Å². The van der Waals surface area contributed by atoms with Crippen LogP contribution < -0.4 is 5.56 Å². The molecule has 0 saturated heterocycles. The van der Waals surface area contributed by atoms with Gasteiger partial charge in [0.1, 0.15) is 4.70 Å². The van der Waals surface area contributed by atoms with E-state index in [2.05, 4.69) is 9.72 Å². The molecular formula is C10H10N2O3S. The van der Waals surface area contributed by atoms with E-state index in [1.165, 1.54) is 29.3 Å². The number of hydrogen-bond acceptors (Lipinski definition) is 5. The normalized spacial score (nSPS) is 10.6. The molecule has 16 heavy (non-hydrogen) atoms. The zero-order valence-electron chi connectivity index (χ0n) is 8.67. The van der Waals surface area contributed by atoms with E-state index in [-0.39, 0.29) is 17.9 Å². The molecule has 0 saturated carbocycles. The molecule has 2 aromatic heterocycles. The van der Waals surface area contributed by atoms with Crippen molar-refractivity contribution in [1.82, 2.24) is 9.55 Å². The summed E-state index contributed by atoms with van der Waals surface area (Å²) in [5.41, 5.74) is 0.591. The first-order chi connectivity index (χ1) is 7.72. The molecule has 5 nitrogen and oxygen atoms in total. The van der Waals surface area contributed by atoms with Gasteiger partial charge in [-0.05, 0) is 11.4 Å². The number of aryl methyl sites for hydroxylation is 1. The number of methoxy groups -OCH3 is 1. The number of fused-ring (bicyclic) bond motifs is 1. The summed E-state index contributed by atoms with van der Waals surface area (Å²) < 4.78 is 6.56. The Labute approximate surface area is 95.3 Å². The molecule has 2 rings (SSSR count). The number of aromatic nitrogens is 2. The molecule has 0 aliphatic heterocycles. The van der Waals surface area contributed by atoms with Gasteiger partial charge in [-0.2, -0.15) is 0 Å². The van der Waals surface area contributed by atoms with Crippen LogP contribution in [-0.4, -0.2) is 22.6 Å². The average molecular weight is 238 g/mol. The summed E-state index contributed by atoms with van der Waals surface area (Å²) in [6.45, 7) is 0.298. The van der Waals surface area contributed by atoms with Crippen LogP contribution in [0.3, 0.4) is 0 Å². The summed E-state index contributed by atoms with van der Waals surface area (Å²) in [7, 11) is 1.33. The Morgan fingerprint density at radius 3 is 3.19 bits per heavy atom. The molecular weight excluding hydrogens is 228 g/mol. The lowest BCUT2D eigenvalue weighted by Crippen LogP contribution is -2.21. The van der Waals surface area contributed by atoms with Crippen LogP contribution in [0.5, 0.6) is 0 Å². The maximum absolute atomic E-state index is 11.9. The molecule has 0 N–H and O–H groups in total. The Morgan fingerprint density at radius 1 is 1.62 bits per heavy atom. The van der Waals surface area contributed by atoms with Gasteiger partial charge in [0.25, 0.3) is 5.56 Å². The molecule has 0 unspecified atom stereocenters. The lowest BCUT2D eigenvalue weighted by molar-refractivity contribution is -0.140. The highest BCUT2D eigenvalue weighted by Crippen LogP contribution is 2.13. The molecule has 0 aliphatic rings. The fourth-order valence-corrected chi connectivity index (χ4v) is 2.14. The number of rotatable bonds is 3. The SMILES string of the molecule is COC(=O)CCn1cnc2ccsc2c1=O. The van der Waals surface area contributed by atoms with Crippen molar-refractivity contribution in [3.8, 4) is 0 Å². The van der Waals surface area contributed by atoms with Gasteiger partial charge in [0, 0.05) is 6.54 Å². The van der Waals surface area contributed by atoms with E-state index in [0.29, 0.717) is 16.8 Å². The number of ether oxygens (including phenoxy) is 1. The minimum Gasteiger partial charge on any atom is -0.469 e.